The minimum Gasteiger partial charge on any atom is -0.467 e. The summed E-state index contributed by atoms with van der Waals surface area (Å²) in [4.78, 5) is 17.5. The molecule has 5 nitrogen and oxygen atoms in total. The monoisotopic (exact) mass is 395 g/mol. The zero-order valence-corrected chi connectivity index (χ0v) is 15.8. The highest BCUT2D eigenvalue weighted by atomic mass is 19.4. The van der Waals surface area contributed by atoms with Crippen LogP contribution in [0, 0.1) is 6.92 Å². The number of nitrogens with zero attached hydrogens (tertiary/aromatic N) is 3. The molecule has 28 heavy (non-hydrogen) atoms. The van der Waals surface area contributed by atoms with Crippen molar-refractivity contribution in [1.29, 1.82) is 0 Å². The smallest absolute Gasteiger partial charge is 0.406 e. The van der Waals surface area contributed by atoms with Gasteiger partial charge in [0.2, 0.25) is 5.91 Å². The maximum absolute atomic E-state index is 12.9. The number of furan rings is 1. The molecule has 1 aliphatic rings. The van der Waals surface area contributed by atoms with Gasteiger partial charge in [-0.25, -0.2) is 0 Å². The number of amides is 1. The molecule has 0 aliphatic carbocycles. The van der Waals surface area contributed by atoms with Crippen molar-refractivity contribution in [1.82, 2.24) is 9.80 Å². The molecule has 0 N–H and O–H groups in total. The van der Waals surface area contributed by atoms with Gasteiger partial charge in [0.05, 0.1) is 19.4 Å². The maximum Gasteiger partial charge on any atom is 0.406 e. The number of halogens is 3. The van der Waals surface area contributed by atoms with Gasteiger partial charge in [-0.2, -0.15) is 13.2 Å². The summed E-state index contributed by atoms with van der Waals surface area (Å²) in [5.41, 5.74) is 2.30. The number of anilines is 1. The van der Waals surface area contributed by atoms with Crippen LogP contribution in [0.4, 0.5) is 18.9 Å². The summed E-state index contributed by atoms with van der Waals surface area (Å²) in [6.45, 7) is 3.25. The van der Waals surface area contributed by atoms with Crippen molar-refractivity contribution in [2.24, 2.45) is 0 Å². The van der Waals surface area contributed by atoms with Gasteiger partial charge in [0.25, 0.3) is 0 Å². The van der Waals surface area contributed by atoms with Gasteiger partial charge in [0, 0.05) is 31.9 Å². The Bertz CT molecular complexity index is 769. The zero-order valence-electron chi connectivity index (χ0n) is 15.8. The number of carbonyl (C=O) groups is 1. The van der Waals surface area contributed by atoms with Crippen LogP contribution in [-0.2, 0) is 11.3 Å². The second-order valence-corrected chi connectivity index (χ2v) is 7.05. The van der Waals surface area contributed by atoms with Crippen LogP contribution < -0.4 is 4.90 Å². The summed E-state index contributed by atoms with van der Waals surface area (Å²) < 4.78 is 43.8. The molecule has 1 aliphatic heterocycles. The van der Waals surface area contributed by atoms with E-state index in [4.69, 9.17) is 4.42 Å². The Hall–Kier alpha value is -2.48. The van der Waals surface area contributed by atoms with Gasteiger partial charge in [-0.15, -0.1) is 0 Å². The lowest BCUT2D eigenvalue weighted by Gasteiger charge is -2.36. The highest BCUT2D eigenvalue weighted by Crippen LogP contribution is 2.20. The number of alkyl halides is 3. The molecule has 1 saturated heterocycles. The van der Waals surface area contributed by atoms with Gasteiger partial charge in [-0.1, -0.05) is 12.1 Å². The first-order valence-corrected chi connectivity index (χ1v) is 9.21. The van der Waals surface area contributed by atoms with Crippen molar-refractivity contribution in [2.45, 2.75) is 19.6 Å². The van der Waals surface area contributed by atoms with Gasteiger partial charge < -0.3 is 14.2 Å². The van der Waals surface area contributed by atoms with E-state index in [0.29, 0.717) is 18.8 Å². The number of carbonyl (C=O) groups excluding carboxylic acids is 1. The SMILES string of the molecule is Cc1cccc(N2CCN(CC(=O)N(Cc3ccco3)CC(F)(F)F)CC2)c1. The third kappa shape index (κ3) is 5.76. The lowest BCUT2D eigenvalue weighted by atomic mass is 10.2. The summed E-state index contributed by atoms with van der Waals surface area (Å²) in [6, 6.07) is 11.3. The number of hydrogen-bond acceptors (Lipinski definition) is 4. The Kier molecular flexibility index (Phi) is 6.28. The number of rotatable bonds is 6. The van der Waals surface area contributed by atoms with Gasteiger partial charge in [0.15, 0.2) is 0 Å². The number of hydrogen-bond donors (Lipinski definition) is 0. The Morgan fingerprint density at radius 2 is 1.89 bits per heavy atom. The second-order valence-electron chi connectivity index (χ2n) is 7.05. The van der Waals surface area contributed by atoms with E-state index in [2.05, 4.69) is 11.0 Å². The fourth-order valence-corrected chi connectivity index (χ4v) is 3.32. The van der Waals surface area contributed by atoms with E-state index in [1.807, 2.05) is 30.0 Å². The van der Waals surface area contributed by atoms with Crippen molar-refractivity contribution in [2.75, 3.05) is 44.2 Å². The molecule has 152 valence electrons. The molecule has 0 saturated carbocycles. The molecule has 2 heterocycles. The molecule has 2 aromatic rings. The van der Waals surface area contributed by atoms with Crippen molar-refractivity contribution >= 4 is 11.6 Å². The Morgan fingerprint density at radius 3 is 2.50 bits per heavy atom. The van der Waals surface area contributed by atoms with Crippen LogP contribution in [-0.4, -0.2) is 61.2 Å². The number of aryl methyl sites for hydroxylation is 1. The van der Waals surface area contributed by atoms with Crippen molar-refractivity contribution in [3.63, 3.8) is 0 Å². The molecule has 0 atom stereocenters. The molecular formula is C20H24F3N3O2. The van der Waals surface area contributed by atoms with Crippen LogP contribution >= 0.6 is 0 Å². The first-order chi connectivity index (χ1) is 13.3. The standard InChI is InChI=1S/C20H24F3N3O2/c1-16-4-2-5-17(12-16)25-9-7-24(8-10-25)14-19(27)26(15-20(21,22)23)13-18-6-3-11-28-18/h2-6,11-12H,7-10,13-15H2,1H3. The zero-order chi connectivity index (χ0) is 20.1. The summed E-state index contributed by atoms with van der Waals surface area (Å²) in [5.74, 6) is -0.209. The minimum absolute atomic E-state index is 0.0293. The summed E-state index contributed by atoms with van der Waals surface area (Å²) in [7, 11) is 0. The molecular weight excluding hydrogens is 371 g/mol. The van der Waals surface area contributed by atoms with Crippen LogP contribution in [0.2, 0.25) is 0 Å². The molecule has 0 unspecified atom stereocenters. The predicted octanol–water partition coefficient (Wildman–Crippen LogP) is 3.30. The van der Waals surface area contributed by atoms with E-state index >= 15 is 0 Å². The van der Waals surface area contributed by atoms with Gasteiger partial charge >= 0.3 is 6.18 Å². The van der Waals surface area contributed by atoms with E-state index in [-0.39, 0.29) is 13.1 Å². The third-order valence-corrected chi connectivity index (χ3v) is 4.75. The molecule has 0 radical (unpaired) electrons. The summed E-state index contributed by atoms with van der Waals surface area (Å²) in [5, 5.41) is 0. The second kappa shape index (κ2) is 8.68. The fourth-order valence-electron chi connectivity index (χ4n) is 3.32. The number of piperazine rings is 1. The first kappa shape index (κ1) is 20.3. The van der Waals surface area contributed by atoms with Crippen molar-refractivity contribution < 1.29 is 22.4 Å². The van der Waals surface area contributed by atoms with E-state index < -0.39 is 18.6 Å². The quantitative estimate of drug-likeness (QED) is 0.753. The highest BCUT2D eigenvalue weighted by Gasteiger charge is 2.34. The van der Waals surface area contributed by atoms with Crippen LogP contribution in [0.25, 0.3) is 0 Å². The Morgan fingerprint density at radius 1 is 1.14 bits per heavy atom. The average molecular weight is 395 g/mol. The lowest BCUT2D eigenvalue weighted by Crippen LogP contribution is -2.51. The Balaban J connectivity index is 1.56. The maximum atomic E-state index is 12.9. The molecule has 1 aromatic heterocycles. The van der Waals surface area contributed by atoms with E-state index in [1.165, 1.54) is 11.8 Å². The Labute approximate surface area is 162 Å². The minimum atomic E-state index is -4.45. The van der Waals surface area contributed by atoms with Gasteiger partial charge in [-0.05, 0) is 36.8 Å². The van der Waals surface area contributed by atoms with E-state index in [9.17, 15) is 18.0 Å². The first-order valence-electron chi connectivity index (χ1n) is 9.21. The lowest BCUT2D eigenvalue weighted by molar-refractivity contribution is -0.163. The summed E-state index contributed by atoms with van der Waals surface area (Å²) in [6.07, 6.45) is -3.07. The van der Waals surface area contributed by atoms with Crippen LogP contribution in [0.5, 0.6) is 0 Å². The summed E-state index contributed by atoms with van der Waals surface area (Å²) >= 11 is 0. The van der Waals surface area contributed by atoms with Crippen molar-refractivity contribution in [3.05, 3.63) is 54.0 Å². The number of benzene rings is 1. The largest absolute Gasteiger partial charge is 0.467 e. The molecule has 1 amide bonds. The van der Waals surface area contributed by atoms with Crippen LogP contribution in [0.3, 0.4) is 0 Å². The van der Waals surface area contributed by atoms with Crippen molar-refractivity contribution in [3.8, 4) is 0 Å². The van der Waals surface area contributed by atoms with Gasteiger partial charge in [0.1, 0.15) is 12.3 Å². The molecule has 1 aromatic carbocycles. The fraction of sp³-hybridized carbons (Fsp3) is 0.450. The normalized spacial score (nSPS) is 15.6. The third-order valence-electron chi connectivity index (χ3n) is 4.75. The van der Waals surface area contributed by atoms with E-state index in [0.717, 1.165) is 23.7 Å². The predicted molar refractivity (Wildman–Crippen MR) is 100 cm³/mol. The molecule has 1 fully saturated rings. The highest BCUT2D eigenvalue weighted by molar-refractivity contribution is 5.78. The van der Waals surface area contributed by atoms with Crippen LogP contribution in [0.1, 0.15) is 11.3 Å². The van der Waals surface area contributed by atoms with E-state index in [1.54, 1.807) is 12.1 Å². The average Bonchev–Trinajstić information content (AvgIpc) is 3.14. The molecule has 0 spiro atoms. The topological polar surface area (TPSA) is 39.9 Å². The molecule has 0 bridgehead atoms. The van der Waals surface area contributed by atoms with Crippen LogP contribution in [0.15, 0.2) is 47.1 Å². The molecule has 8 heteroatoms. The molecule has 3 rings (SSSR count). The van der Waals surface area contributed by atoms with Gasteiger partial charge in [-0.3, -0.25) is 9.69 Å².